The first-order valence-corrected chi connectivity index (χ1v) is 8.90. The molecule has 0 radical (unpaired) electrons. The van der Waals surface area contributed by atoms with Crippen LogP contribution in [0.3, 0.4) is 0 Å². The number of aliphatic hydroxyl groups excluding tert-OH is 1. The largest absolute Gasteiger partial charge is 0.481 e. The van der Waals surface area contributed by atoms with Gasteiger partial charge in [-0.25, -0.2) is 13.4 Å². The van der Waals surface area contributed by atoms with Gasteiger partial charge in [0.2, 0.25) is 10.0 Å². The molecule has 0 aliphatic heterocycles. The minimum Gasteiger partial charge on any atom is -0.481 e. The number of hydrogen-bond donors (Lipinski definition) is 2. The zero-order chi connectivity index (χ0) is 17.8. The summed E-state index contributed by atoms with van der Waals surface area (Å²) in [4.78, 5) is 14.9. The summed E-state index contributed by atoms with van der Waals surface area (Å²) in [6, 6.07) is 3.26. The summed E-state index contributed by atoms with van der Waals surface area (Å²) in [6.45, 7) is 3.83. The number of carboxylic acids is 1. The number of pyridine rings is 1. The van der Waals surface area contributed by atoms with Crippen LogP contribution in [0.25, 0.3) is 6.08 Å². The Labute approximate surface area is 136 Å². The Hall–Kier alpha value is -1.93. The number of aliphatic carboxylic acids is 1. The fourth-order valence-electron chi connectivity index (χ4n) is 1.89. The van der Waals surface area contributed by atoms with Gasteiger partial charge in [0.25, 0.3) is 0 Å². The van der Waals surface area contributed by atoms with Gasteiger partial charge in [-0.2, -0.15) is 0 Å². The molecule has 128 valence electrons. The molecule has 0 spiro atoms. The quantitative estimate of drug-likeness (QED) is 0.776. The van der Waals surface area contributed by atoms with E-state index in [2.05, 4.69) is 4.98 Å². The summed E-state index contributed by atoms with van der Waals surface area (Å²) in [6.07, 6.45) is 2.61. The van der Waals surface area contributed by atoms with E-state index in [-0.39, 0.29) is 12.3 Å². The average Bonchev–Trinajstić information content (AvgIpc) is 2.42. The molecule has 0 aromatic carbocycles. The number of rotatable bonds is 7. The van der Waals surface area contributed by atoms with Crippen LogP contribution >= 0.6 is 0 Å². The van der Waals surface area contributed by atoms with E-state index in [1.807, 2.05) is 13.8 Å². The van der Waals surface area contributed by atoms with Crippen LogP contribution in [0.2, 0.25) is 0 Å². The lowest BCUT2D eigenvalue weighted by molar-refractivity contribution is -0.138. The number of anilines is 1. The highest BCUT2D eigenvalue weighted by Gasteiger charge is 2.16. The van der Waals surface area contributed by atoms with Crippen LogP contribution in [0.15, 0.2) is 18.2 Å². The number of hydrogen-bond acceptors (Lipinski definition) is 5. The van der Waals surface area contributed by atoms with Crippen LogP contribution < -0.4 is 4.31 Å². The van der Waals surface area contributed by atoms with Crippen LogP contribution in [0.5, 0.6) is 0 Å². The van der Waals surface area contributed by atoms with Crippen molar-refractivity contribution in [2.75, 3.05) is 17.6 Å². The van der Waals surface area contributed by atoms with Crippen LogP contribution in [0.1, 0.15) is 37.4 Å². The first-order valence-electron chi connectivity index (χ1n) is 7.05. The van der Waals surface area contributed by atoms with E-state index in [9.17, 15) is 18.3 Å². The molecule has 2 N–H and O–H groups in total. The van der Waals surface area contributed by atoms with Crippen molar-refractivity contribution >= 4 is 27.9 Å². The van der Waals surface area contributed by atoms with E-state index < -0.39 is 22.1 Å². The van der Waals surface area contributed by atoms with Crippen molar-refractivity contribution in [2.45, 2.75) is 32.3 Å². The van der Waals surface area contributed by atoms with Crippen LogP contribution in [0.4, 0.5) is 5.82 Å². The Morgan fingerprint density at radius 2 is 2.00 bits per heavy atom. The van der Waals surface area contributed by atoms with Crippen molar-refractivity contribution in [3.63, 3.8) is 0 Å². The van der Waals surface area contributed by atoms with Crippen molar-refractivity contribution in [3.05, 3.63) is 29.5 Å². The fraction of sp³-hybridized carbons (Fsp3) is 0.467. The summed E-state index contributed by atoms with van der Waals surface area (Å²) >= 11 is 0. The highest BCUT2D eigenvalue weighted by Crippen LogP contribution is 2.23. The van der Waals surface area contributed by atoms with E-state index in [1.54, 1.807) is 18.2 Å². The van der Waals surface area contributed by atoms with Gasteiger partial charge in [-0.05, 0) is 23.6 Å². The monoisotopic (exact) mass is 342 g/mol. The third-order valence-corrected chi connectivity index (χ3v) is 4.37. The number of carboxylic acid groups (broad SMARTS) is 1. The van der Waals surface area contributed by atoms with Crippen LogP contribution in [0, 0.1) is 0 Å². The third-order valence-electron chi connectivity index (χ3n) is 3.19. The normalized spacial score (nSPS) is 13.5. The highest BCUT2D eigenvalue weighted by molar-refractivity contribution is 7.92. The topological polar surface area (TPSA) is 108 Å². The molecular weight excluding hydrogens is 320 g/mol. The second-order valence-corrected chi connectivity index (χ2v) is 7.57. The molecule has 8 heteroatoms. The third kappa shape index (κ3) is 5.65. The molecule has 0 saturated heterocycles. The molecule has 1 atom stereocenters. The first kappa shape index (κ1) is 19.1. The smallest absolute Gasteiger partial charge is 0.306 e. The van der Waals surface area contributed by atoms with Crippen LogP contribution in [-0.2, 0) is 14.8 Å². The standard InChI is InChI=1S/C15H22N2O5S/c1-10(2)15-11(5-7-12(18)9-14(19)20)6-8-13(16-15)17(3)23(4,21)22/h5-8,10,12,18H,9H2,1-4H3,(H,19,20). The minimum atomic E-state index is -3.40. The maximum atomic E-state index is 11.6. The van der Waals surface area contributed by atoms with E-state index in [4.69, 9.17) is 5.11 Å². The lowest BCUT2D eigenvalue weighted by atomic mass is 10.0. The molecule has 0 fully saturated rings. The summed E-state index contributed by atoms with van der Waals surface area (Å²) in [5.74, 6) is -0.756. The van der Waals surface area contributed by atoms with Gasteiger partial charge in [-0.3, -0.25) is 9.10 Å². The molecule has 23 heavy (non-hydrogen) atoms. The summed E-state index contributed by atoms with van der Waals surface area (Å²) in [7, 11) is -1.98. The zero-order valence-corrected chi connectivity index (χ0v) is 14.4. The number of nitrogens with zero attached hydrogens (tertiary/aromatic N) is 2. The average molecular weight is 342 g/mol. The van der Waals surface area contributed by atoms with Gasteiger partial charge < -0.3 is 10.2 Å². The molecule has 0 bridgehead atoms. The zero-order valence-electron chi connectivity index (χ0n) is 13.6. The molecule has 0 aliphatic carbocycles. The minimum absolute atomic E-state index is 0.0270. The molecule has 1 aromatic rings. The summed E-state index contributed by atoms with van der Waals surface area (Å²) in [5, 5.41) is 18.2. The van der Waals surface area contributed by atoms with Crippen molar-refractivity contribution < 1.29 is 23.4 Å². The Morgan fingerprint density at radius 1 is 1.39 bits per heavy atom. The number of sulfonamides is 1. The molecule has 1 heterocycles. The maximum Gasteiger partial charge on any atom is 0.306 e. The van der Waals surface area contributed by atoms with E-state index in [0.717, 1.165) is 10.6 Å². The number of carbonyl (C=O) groups is 1. The predicted molar refractivity (Wildman–Crippen MR) is 88.9 cm³/mol. The van der Waals surface area contributed by atoms with E-state index >= 15 is 0 Å². The van der Waals surface area contributed by atoms with Gasteiger partial charge in [-0.1, -0.05) is 26.0 Å². The highest BCUT2D eigenvalue weighted by atomic mass is 32.2. The van der Waals surface area contributed by atoms with Gasteiger partial charge in [0.05, 0.1) is 24.5 Å². The van der Waals surface area contributed by atoms with Crippen molar-refractivity contribution in [1.29, 1.82) is 0 Å². The van der Waals surface area contributed by atoms with Crippen molar-refractivity contribution in [1.82, 2.24) is 4.98 Å². The Bertz CT molecular complexity index is 698. The Balaban J connectivity index is 3.15. The van der Waals surface area contributed by atoms with Gasteiger partial charge in [-0.15, -0.1) is 0 Å². The van der Waals surface area contributed by atoms with Gasteiger partial charge in [0.15, 0.2) is 0 Å². The molecule has 0 amide bonds. The molecule has 1 aromatic heterocycles. The first-order chi connectivity index (χ1) is 10.5. The molecule has 7 nitrogen and oxygen atoms in total. The van der Waals surface area contributed by atoms with E-state index in [0.29, 0.717) is 17.1 Å². The summed E-state index contributed by atoms with van der Waals surface area (Å²) in [5.41, 5.74) is 1.37. The predicted octanol–water partition coefficient (Wildman–Crippen LogP) is 1.45. The number of aromatic nitrogens is 1. The Kier molecular flexibility index (Phi) is 6.28. The van der Waals surface area contributed by atoms with Crippen molar-refractivity contribution in [2.24, 2.45) is 0 Å². The molecule has 1 unspecified atom stereocenters. The number of aliphatic hydroxyl groups is 1. The van der Waals surface area contributed by atoms with Gasteiger partial charge >= 0.3 is 5.97 Å². The van der Waals surface area contributed by atoms with Gasteiger partial charge in [0.1, 0.15) is 5.82 Å². The van der Waals surface area contributed by atoms with E-state index in [1.165, 1.54) is 13.1 Å². The maximum absolute atomic E-state index is 11.6. The Morgan fingerprint density at radius 3 is 2.48 bits per heavy atom. The second-order valence-electron chi connectivity index (χ2n) is 5.55. The lowest BCUT2D eigenvalue weighted by Gasteiger charge is -2.18. The lowest BCUT2D eigenvalue weighted by Crippen LogP contribution is -2.26. The van der Waals surface area contributed by atoms with Crippen molar-refractivity contribution in [3.8, 4) is 0 Å². The van der Waals surface area contributed by atoms with Gasteiger partial charge in [0, 0.05) is 7.05 Å². The summed E-state index contributed by atoms with van der Waals surface area (Å²) < 4.78 is 24.3. The van der Waals surface area contributed by atoms with Crippen LogP contribution in [-0.4, -0.2) is 49.0 Å². The molecule has 1 rings (SSSR count). The SMILES string of the molecule is CC(C)c1nc(N(C)S(C)(=O)=O)ccc1C=CC(O)CC(=O)O. The molecule has 0 aliphatic rings. The molecular formula is C15H22N2O5S. The fourth-order valence-corrected chi connectivity index (χ4v) is 2.33. The molecule has 0 saturated carbocycles. The second kappa shape index (κ2) is 7.56.